The summed E-state index contributed by atoms with van der Waals surface area (Å²) in [6, 6.07) is 8.08. The number of hydrogen-bond donors (Lipinski definition) is 1. The number of nitrogens with zero attached hydrogens (tertiary/aromatic N) is 2. The second-order valence-corrected chi connectivity index (χ2v) is 7.35. The Morgan fingerprint density at radius 2 is 1.68 bits per heavy atom. The Kier molecular flexibility index (Phi) is 4.44. The number of anilines is 1. The molecule has 0 bridgehead atoms. The van der Waals surface area contributed by atoms with Gasteiger partial charge in [-0.3, -0.25) is 0 Å². The van der Waals surface area contributed by atoms with Crippen molar-refractivity contribution in [1.82, 2.24) is 9.80 Å². The van der Waals surface area contributed by atoms with Crippen molar-refractivity contribution in [2.24, 2.45) is 5.41 Å². The van der Waals surface area contributed by atoms with Crippen LogP contribution in [0.15, 0.2) is 30.8 Å². The van der Waals surface area contributed by atoms with Crippen molar-refractivity contribution in [2.75, 3.05) is 38.5 Å². The van der Waals surface area contributed by atoms with Crippen molar-refractivity contribution < 1.29 is 0 Å². The highest BCUT2D eigenvalue weighted by molar-refractivity contribution is 5.63. The summed E-state index contributed by atoms with van der Waals surface area (Å²) in [4.78, 5) is 5.10. The van der Waals surface area contributed by atoms with Crippen LogP contribution in [0.2, 0.25) is 0 Å². The molecule has 0 saturated carbocycles. The lowest BCUT2D eigenvalue weighted by molar-refractivity contribution is 0.110. The third-order valence-corrected chi connectivity index (χ3v) is 5.40. The predicted octanol–water partition coefficient (Wildman–Crippen LogP) is 3.44. The number of nitrogen functional groups attached to an aromatic ring is 1. The topological polar surface area (TPSA) is 32.5 Å². The highest BCUT2D eigenvalue weighted by Gasteiger charge is 2.33. The molecule has 0 unspecified atom stereocenters. The highest BCUT2D eigenvalue weighted by atomic mass is 15.2. The Balaban J connectivity index is 1.56. The number of likely N-dealkylation sites (tertiary alicyclic amines) is 2. The van der Waals surface area contributed by atoms with Gasteiger partial charge in [-0.15, -0.1) is 0 Å². The summed E-state index contributed by atoms with van der Waals surface area (Å²) >= 11 is 0. The Bertz CT molecular complexity index is 506. The average molecular weight is 299 g/mol. The van der Waals surface area contributed by atoms with Crippen LogP contribution in [0.1, 0.15) is 38.2 Å². The number of hydrogen-bond acceptors (Lipinski definition) is 3. The molecule has 22 heavy (non-hydrogen) atoms. The van der Waals surface area contributed by atoms with Crippen molar-refractivity contribution in [3.05, 3.63) is 36.4 Å². The summed E-state index contributed by atoms with van der Waals surface area (Å²) < 4.78 is 0. The molecular formula is C19H29N3. The van der Waals surface area contributed by atoms with Gasteiger partial charge in [0.15, 0.2) is 0 Å². The maximum absolute atomic E-state index is 5.77. The molecule has 1 aromatic rings. The van der Waals surface area contributed by atoms with Gasteiger partial charge in [0, 0.05) is 31.0 Å². The fourth-order valence-corrected chi connectivity index (χ4v) is 3.81. The van der Waals surface area contributed by atoms with Crippen molar-refractivity contribution in [3.8, 4) is 0 Å². The largest absolute Gasteiger partial charge is 0.399 e. The van der Waals surface area contributed by atoms with Crippen molar-refractivity contribution in [1.29, 1.82) is 0 Å². The first-order valence-electron chi connectivity index (χ1n) is 8.58. The zero-order valence-corrected chi connectivity index (χ0v) is 13.9. The minimum Gasteiger partial charge on any atom is -0.399 e. The Hall–Kier alpha value is -1.48. The Morgan fingerprint density at radius 3 is 2.27 bits per heavy atom. The molecular weight excluding hydrogens is 270 g/mol. The summed E-state index contributed by atoms with van der Waals surface area (Å²) in [5.74, 6) is 0. The molecule has 0 aromatic heterocycles. The fraction of sp³-hybridized carbons (Fsp3) is 0.579. The van der Waals surface area contributed by atoms with E-state index < -0.39 is 0 Å². The van der Waals surface area contributed by atoms with E-state index in [0.29, 0.717) is 5.41 Å². The van der Waals surface area contributed by atoms with E-state index in [1.54, 1.807) is 0 Å². The SMILES string of the molecule is C=C(c1ccc(N)cc1)N1CCC(C)(CN2CCCC2)CC1. The van der Waals surface area contributed by atoms with E-state index in [9.17, 15) is 0 Å². The second-order valence-electron chi connectivity index (χ2n) is 7.35. The first-order valence-corrected chi connectivity index (χ1v) is 8.58. The summed E-state index contributed by atoms with van der Waals surface area (Å²) in [5, 5.41) is 0. The molecule has 0 amide bonds. The van der Waals surface area contributed by atoms with Crippen molar-refractivity contribution in [3.63, 3.8) is 0 Å². The van der Waals surface area contributed by atoms with Gasteiger partial charge in [-0.1, -0.05) is 25.6 Å². The molecule has 2 fully saturated rings. The third-order valence-electron chi connectivity index (χ3n) is 5.40. The van der Waals surface area contributed by atoms with Gasteiger partial charge in [0.05, 0.1) is 0 Å². The predicted molar refractivity (Wildman–Crippen MR) is 94.5 cm³/mol. The molecule has 0 atom stereocenters. The summed E-state index contributed by atoms with van der Waals surface area (Å²) in [7, 11) is 0. The first kappa shape index (κ1) is 15.4. The lowest BCUT2D eigenvalue weighted by Crippen LogP contribution is -2.43. The third kappa shape index (κ3) is 3.46. The highest BCUT2D eigenvalue weighted by Crippen LogP contribution is 2.35. The summed E-state index contributed by atoms with van der Waals surface area (Å²) in [6.07, 6.45) is 5.29. The van der Waals surface area contributed by atoms with Gasteiger partial charge in [-0.25, -0.2) is 0 Å². The molecule has 3 nitrogen and oxygen atoms in total. The molecule has 1 aromatic carbocycles. The minimum atomic E-state index is 0.474. The Morgan fingerprint density at radius 1 is 1.09 bits per heavy atom. The van der Waals surface area contributed by atoms with Gasteiger partial charge in [0.1, 0.15) is 0 Å². The molecule has 2 heterocycles. The number of piperidine rings is 1. The van der Waals surface area contributed by atoms with E-state index in [0.717, 1.165) is 24.5 Å². The molecule has 0 radical (unpaired) electrons. The normalized spacial score (nSPS) is 22.0. The quantitative estimate of drug-likeness (QED) is 0.865. The Labute approximate surface area is 134 Å². The van der Waals surface area contributed by atoms with Crippen LogP contribution in [0.4, 0.5) is 5.69 Å². The monoisotopic (exact) mass is 299 g/mol. The molecule has 0 spiro atoms. The fourth-order valence-electron chi connectivity index (χ4n) is 3.81. The first-order chi connectivity index (χ1) is 10.6. The standard InChI is InChI=1S/C19H29N3/c1-16(17-5-7-18(20)8-6-17)22-13-9-19(2,10-14-22)15-21-11-3-4-12-21/h5-8H,1,3-4,9-15,20H2,2H3. The molecule has 120 valence electrons. The maximum Gasteiger partial charge on any atom is 0.0366 e. The van der Waals surface area contributed by atoms with Crippen LogP contribution in [0.3, 0.4) is 0 Å². The smallest absolute Gasteiger partial charge is 0.0366 e. The van der Waals surface area contributed by atoms with Gasteiger partial charge < -0.3 is 15.5 Å². The average Bonchev–Trinajstić information content (AvgIpc) is 3.00. The lowest BCUT2D eigenvalue weighted by atomic mass is 9.79. The second kappa shape index (κ2) is 6.33. The molecule has 3 heteroatoms. The van der Waals surface area contributed by atoms with Gasteiger partial charge in [-0.2, -0.15) is 0 Å². The van der Waals surface area contributed by atoms with Crippen LogP contribution in [-0.2, 0) is 0 Å². The number of nitrogens with two attached hydrogens (primary N) is 1. The molecule has 2 N–H and O–H groups in total. The van der Waals surface area contributed by atoms with Crippen LogP contribution in [0, 0.1) is 5.41 Å². The van der Waals surface area contributed by atoms with Gasteiger partial charge >= 0.3 is 0 Å². The van der Waals surface area contributed by atoms with Crippen molar-refractivity contribution in [2.45, 2.75) is 32.6 Å². The van der Waals surface area contributed by atoms with E-state index in [1.165, 1.54) is 50.9 Å². The van der Waals surface area contributed by atoms with Crippen LogP contribution in [0.25, 0.3) is 5.70 Å². The zero-order valence-electron chi connectivity index (χ0n) is 13.9. The van der Waals surface area contributed by atoms with Crippen molar-refractivity contribution >= 4 is 11.4 Å². The molecule has 2 aliphatic rings. The van der Waals surface area contributed by atoms with E-state index in [2.05, 4.69) is 35.4 Å². The van der Waals surface area contributed by atoms with Crippen LogP contribution in [-0.4, -0.2) is 42.5 Å². The maximum atomic E-state index is 5.77. The molecule has 2 aliphatic heterocycles. The van der Waals surface area contributed by atoms with Crippen LogP contribution < -0.4 is 5.73 Å². The van der Waals surface area contributed by atoms with E-state index in [1.807, 2.05) is 12.1 Å². The molecule has 0 aliphatic carbocycles. The number of benzene rings is 1. The van der Waals surface area contributed by atoms with Gasteiger partial charge in [-0.05, 0) is 61.9 Å². The summed E-state index contributed by atoms with van der Waals surface area (Å²) in [5.41, 5.74) is 9.39. The van der Waals surface area contributed by atoms with E-state index >= 15 is 0 Å². The lowest BCUT2D eigenvalue weighted by Gasteiger charge is -2.43. The van der Waals surface area contributed by atoms with Crippen LogP contribution >= 0.6 is 0 Å². The summed E-state index contributed by atoms with van der Waals surface area (Å²) in [6.45, 7) is 12.9. The van der Waals surface area contributed by atoms with E-state index in [4.69, 9.17) is 5.73 Å². The molecule has 2 saturated heterocycles. The van der Waals surface area contributed by atoms with E-state index in [-0.39, 0.29) is 0 Å². The minimum absolute atomic E-state index is 0.474. The number of rotatable bonds is 4. The molecule has 3 rings (SSSR count). The zero-order chi connectivity index (χ0) is 15.6. The van der Waals surface area contributed by atoms with Gasteiger partial charge in [0.2, 0.25) is 0 Å². The van der Waals surface area contributed by atoms with Gasteiger partial charge in [0.25, 0.3) is 0 Å². The van der Waals surface area contributed by atoms with Crippen LogP contribution in [0.5, 0.6) is 0 Å².